The Morgan fingerprint density at radius 1 is 1.35 bits per heavy atom. The molecule has 3 nitrogen and oxygen atoms in total. The summed E-state index contributed by atoms with van der Waals surface area (Å²) >= 11 is 0. The van der Waals surface area contributed by atoms with Gasteiger partial charge in [0.05, 0.1) is 5.41 Å². The van der Waals surface area contributed by atoms with Crippen LogP contribution >= 0.6 is 0 Å². The zero-order valence-corrected chi connectivity index (χ0v) is 12.9. The Hall–Kier alpha value is -1.35. The standard InChI is InChI=1S/C17H26N2O/c1-4-17(10-11-18-13-17)16(20)19(5-2)12-15-9-7-6-8-14(15)3/h6-9,18H,4-5,10-13H2,1-3H3. The summed E-state index contributed by atoms with van der Waals surface area (Å²) in [6, 6.07) is 8.33. The summed E-state index contributed by atoms with van der Waals surface area (Å²) in [4.78, 5) is 14.9. The fourth-order valence-electron chi connectivity index (χ4n) is 3.04. The van der Waals surface area contributed by atoms with Crippen molar-refractivity contribution in [3.05, 3.63) is 35.4 Å². The molecule has 1 heterocycles. The molecule has 1 aromatic carbocycles. The van der Waals surface area contributed by atoms with E-state index in [0.29, 0.717) is 5.91 Å². The van der Waals surface area contributed by atoms with Crippen molar-refractivity contribution in [3.8, 4) is 0 Å². The molecule has 0 spiro atoms. The molecule has 0 radical (unpaired) electrons. The molecule has 2 rings (SSSR count). The lowest BCUT2D eigenvalue weighted by Crippen LogP contribution is -2.44. The lowest BCUT2D eigenvalue weighted by Gasteiger charge is -2.33. The molecular weight excluding hydrogens is 248 g/mol. The Labute approximate surface area is 122 Å². The highest BCUT2D eigenvalue weighted by Gasteiger charge is 2.41. The number of aryl methyl sites for hydroxylation is 1. The summed E-state index contributed by atoms with van der Waals surface area (Å²) in [6.07, 6.45) is 1.88. The number of amides is 1. The Kier molecular flexibility index (Phi) is 4.81. The van der Waals surface area contributed by atoms with Crippen LogP contribution < -0.4 is 5.32 Å². The Balaban J connectivity index is 2.16. The predicted octanol–water partition coefficient (Wildman–Crippen LogP) is 2.73. The highest BCUT2D eigenvalue weighted by atomic mass is 16.2. The maximum atomic E-state index is 12.9. The summed E-state index contributed by atoms with van der Waals surface area (Å²) in [7, 11) is 0. The molecule has 0 aromatic heterocycles. The van der Waals surface area contributed by atoms with Gasteiger partial charge in [0.15, 0.2) is 0 Å². The van der Waals surface area contributed by atoms with Gasteiger partial charge in [-0.2, -0.15) is 0 Å². The van der Waals surface area contributed by atoms with Crippen LogP contribution in [0, 0.1) is 12.3 Å². The average molecular weight is 274 g/mol. The number of carbonyl (C=O) groups is 1. The van der Waals surface area contributed by atoms with E-state index in [2.05, 4.69) is 38.2 Å². The summed E-state index contributed by atoms with van der Waals surface area (Å²) in [5.41, 5.74) is 2.33. The first-order valence-corrected chi connectivity index (χ1v) is 7.67. The highest BCUT2D eigenvalue weighted by Crippen LogP contribution is 2.32. The van der Waals surface area contributed by atoms with Gasteiger partial charge in [-0.05, 0) is 44.4 Å². The maximum Gasteiger partial charge on any atom is 0.230 e. The number of carbonyl (C=O) groups excluding carboxylic acids is 1. The largest absolute Gasteiger partial charge is 0.338 e. The van der Waals surface area contributed by atoms with Gasteiger partial charge in [-0.15, -0.1) is 0 Å². The van der Waals surface area contributed by atoms with Crippen LogP contribution in [-0.4, -0.2) is 30.4 Å². The quantitative estimate of drug-likeness (QED) is 0.895. The summed E-state index contributed by atoms with van der Waals surface area (Å²) < 4.78 is 0. The SMILES string of the molecule is CCN(Cc1ccccc1C)C(=O)C1(CC)CCNC1. The van der Waals surface area contributed by atoms with E-state index in [4.69, 9.17) is 0 Å². The zero-order valence-electron chi connectivity index (χ0n) is 12.9. The fourth-order valence-corrected chi connectivity index (χ4v) is 3.04. The monoisotopic (exact) mass is 274 g/mol. The summed E-state index contributed by atoms with van der Waals surface area (Å²) in [5.74, 6) is 0.316. The Morgan fingerprint density at radius 2 is 2.10 bits per heavy atom. The van der Waals surface area contributed by atoms with Crippen LogP contribution in [0.1, 0.15) is 37.8 Å². The van der Waals surface area contributed by atoms with Crippen LogP contribution in [0.2, 0.25) is 0 Å². The highest BCUT2D eigenvalue weighted by molar-refractivity contribution is 5.83. The molecular formula is C17H26N2O. The van der Waals surface area contributed by atoms with E-state index in [1.807, 2.05) is 17.0 Å². The minimum Gasteiger partial charge on any atom is -0.338 e. The van der Waals surface area contributed by atoms with Crippen LogP contribution in [0.3, 0.4) is 0 Å². The third-order valence-electron chi connectivity index (χ3n) is 4.67. The van der Waals surface area contributed by atoms with Gasteiger partial charge in [-0.25, -0.2) is 0 Å². The van der Waals surface area contributed by atoms with Crippen molar-refractivity contribution in [2.45, 2.75) is 40.2 Å². The molecule has 0 bridgehead atoms. The number of benzene rings is 1. The summed E-state index contributed by atoms with van der Waals surface area (Å²) in [5, 5.41) is 3.35. The van der Waals surface area contributed by atoms with Crippen molar-refractivity contribution in [3.63, 3.8) is 0 Å². The van der Waals surface area contributed by atoms with Crippen molar-refractivity contribution in [1.29, 1.82) is 0 Å². The van der Waals surface area contributed by atoms with Crippen molar-refractivity contribution in [1.82, 2.24) is 10.2 Å². The summed E-state index contributed by atoms with van der Waals surface area (Å²) in [6.45, 7) is 9.60. The third-order valence-corrected chi connectivity index (χ3v) is 4.67. The van der Waals surface area contributed by atoms with Crippen LogP contribution in [0.5, 0.6) is 0 Å². The van der Waals surface area contributed by atoms with Gasteiger partial charge in [-0.1, -0.05) is 31.2 Å². The second-order valence-electron chi connectivity index (χ2n) is 5.81. The molecule has 1 aliphatic rings. The third kappa shape index (κ3) is 2.88. The number of rotatable bonds is 5. The zero-order chi connectivity index (χ0) is 14.6. The first kappa shape index (κ1) is 15.0. The fraction of sp³-hybridized carbons (Fsp3) is 0.588. The maximum absolute atomic E-state index is 12.9. The molecule has 1 aromatic rings. The molecule has 1 aliphatic heterocycles. The van der Waals surface area contributed by atoms with E-state index in [-0.39, 0.29) is 5.41 Å². The first-order chi connectivity index (χ1) is 9.63. The lowest BCUT2D eigenvalue weighted by atomic mass is 9.82. The topological polar surface area (TPSA) is 32.3 Å². The van der Waals surface area contributed by atoms with E-state index in [1.54, 1.807) is 0 Å². The molecule has 1 atom stereocenters. The van der Waals surface area contributed by atoms with Crippen LogP contribution in [0.15, 0.2) is 24.3 Å². The predicted molar refractivity (Wildman–Crippen MR) is 82.5 cm³/mol. The van der Waals surface area contributed by atoms with E-state index in [9.17, 15) is 4.79 Å². The van der Waals surface area contributed by atoms with Gasteiger partial charge in [-0.3, -0.25) is 4.79 Å². The van der Waals surface area contributed by atoms with Gasteiger partial charge in [0, 0.05) is 19.6 Å². The molecule has 1 N–H and O–H groups in total. The van der Waals surface area contributed by atoms with E-state index < -0.39 is 0 Å². The van der Waals surface area contributed by atoms with E-state index >= 15 is 0 Å². The second kappa shape index (κ2) is 6.40. The molecule has 110 valence electrons. The Bertz CT molecular complexity index is 464. The number of hydrogen-bond acceptors (Lipinski definition) is 2. The van der Waals surface area contributed by atoms with Gasteiger partial charge in [0.1, 0.15) is 0 Å². The molecule has 1 saturated heterocycles. The van der Waals surface area contributed by atoms with E-state index in [1.165, 1.54) is 11.1 Å². The van der Waals surface area contributed by atoms with Crippen LogP contribution in [-0.2, 0) is 11.3 Å². The van der Waals surface area contributed by atoms with Gasteiger partial charge >= 0.3 is 0 Å². The molecule has 1 fully saturated rings. The number of nitrogens with one attached hydrogen (secondary N) is 1. The average Bonchev–Trinajstić information content (AvgIpc) is 2.96. The smallest absolute Gasteiger partial charge is 0.230 e. The molecule has 3 heteroatoms. The number of nitrogens with zero attached hydrogens (tertiary/aromatic N) is 1. The minimum absolute atomic E-state index is 0.182. The second-order valence-corrected chi connectivity index (χ2v) is 5.81. The first-order valence-electron chi connectivity index (χ1n) is 7.67. The van der Waals surface area contributed by atoms with Gasteiger partial charge < -0.3 is 10.2 Å². The Morgan fingerprint density at radius 3 is 2.65 bits per heavy atom. The minimum atomic E-state index is -0.182. The normalized spacial score (nSPS) is 21.9. The van der Waals surface area contributed by atoms with Crippen molar-refractivity contribution in [2.75, 3.05) is 19.6 Å². The van der Waals surface area contributed by atoms with Gasteiger partial charge in [0.25, 0.3) is 0 Å². The van der Waals surface area contributed by atoms with Crippen LogP contribution in [0.4, 0.5) is 0 Å². The van der Waals surface area contributed by atoms with Crippen molar-refractivity contribution in [2.24, 2.45) is 5.41 Å². The molecule has 0 saturated carbocycles. The van der Waals surface area contributed by atoms with Gasteiger partial charge in [0.2, 0.25) is 5.91 Å². The molecule has 0 aliphatic carbocycles. The number of hydrogen-bond donors (Lipinski definition) is 1. The molecule has 20 heavy (non-hydrogen) atoms. The molecule has 1 unspecified atom stereocenters. The van der Waals surface area contributed by atoms with E-state index in [0.717, 1.165) is 39.0 Å². The lowest BCUT2D eigenvalue weighted by molar-refractivity contribution is -0.141. The van der Waals surface area contributed by atoms with Crippen molar-refractivity contribution >= 4 is 5.91 Å². The van der Waals surface area contributed by atoms with Crippen LogP contribution in [0.25, 0.3) is 0 Å². The van der Waals surface area contributed by atoms with Crippen molar-refractivity contribution < 1.29 is 4.79 Å². The molecule has 1 amide bonds.